The van der Waals surface area contributed by atoms with Crippen molar-refractivity contribution in [2.24, 2.45) is 0 Å². The molecule has 0 aliphatic heterocycles. The van der Waals surface area contributed by atoms with E-state index in [1.54, 1.807) is 12.1 Å². The fourth-order valence-electron chi connectivity index (χ4n) is 1.91. The Labute approximate surface area is 127 Å². The molecule has 0 spiro atoms. The van der Waals surface area contributed by atoms with Gasteiger partial charge in [-0.1, -0.05) is 47.5 Å². The number of rotatable bonds is 3. The Kier molecular flexibility index (Phi) is 4.61. The van der Waals surface area contributed by atoms with Gasteiger partial charge in [0.2, 0.25) is 0 Å². The minimum Gasteiger partial charge on any atom is -0.423 e. The van der Waals surface area contributed by atoms with Gasteiger partial charge in [0.05, 0.1) is 5.56 Å². The van der Waals surface area contributed by atoms with Gasteiger partial charge in [-0.2, -0.15) is 0 Å². The van der Waals surface area contributed by atoms with Crippen molar-refractivity contribution < 1.29 is 9.53 Å². The molecule has 0 atom stereocenters. The number of carbonyl (C=O) groups excluding carboxylic acids is 1. The summed E-state index contributed by atoms with van der Waals surface area (Å²) < 4.78 is 6.51. The maximum absolute atomic E-state index is 12.2. The lowest BCUT2D eigenvalue weighted by molar-refractivity contribution is 0.0733. The second kappa shape index (κ2) is 6.23. The van der Waals surface area contributed by atoms with Crippen LogP contribution in [0.1, 0.15) is 41.3 Å². The average molecular weight is 333 g/mol. The van der Waals surface area contributed by atoms with Crippen molar-refractivity contribution in [3.8, 4) is 5.75 Å². The summed E-state index contributed by atoms with van der Waals surface area (Å²) in [4.78, 5) is 12.2. The van der Waals surface area contributed by atoms with E-state index in [0.29, 0.717) is 11.3 Å². The summed E-state index contributed by atoms with van der Waals surface area (Å²) >= 11 is 3.44. The molecule has 0 aromatic heterocycles. The summed E-state index contributed by atoms with van der Waals surface area (Å²) in [5, 5.41) is 0. The summed E-state index contributed by atoms with van der Waals surface area (Å²) in [5.41, 5.74) is 2.70. The van der Waals surface area contributed by atoms with Gasteiger partial charge in [-0.25, -0.2) is 4.79 Å². The molecule has 2 rings (SSSR count). The van der Waals surface area contributed by atoms with Crippen LogP contribution in [0.25, 0.3) is 0 Å². The van der Waals surface area contributed by atoms with Crippen LogP contribution in [0, 0.1) is 6.92 Å². The number of benzene rings is 2. The third-order valence-corrected chi connectivity index (χ3v) is 3.58. The standard InChI is InChI=1S/C17H17BrO2/c1-11(2)15-10-14(18)8-9-16(15)20-17(19)13-6-4-12(3)5-7-13/h4-11H,1-3H3. The highest BCUT2D eigenvalue weighted by Crippen LogP contribution is 2.30. The molecular formula is C17H17BrO2. The molecule has 20 heavy (non-hydrogen) atoms. The van der Waals surface area contributed by atoms with Gasteiger partial charge < -0.3 is 4.74 Å². The second-order valence-electron chi connectivity index (χ2n) is 5.09. The first-order valence-corrected chi connectivity index (χ1v) is 7.35. The molecule has 2 nitrogen and oxygen atoms in total. The maximum Gasteiger partial charge on any atom is 0.343 e. The van der Waals surface area contributed by atoms with Gasteiger partial charge in [0, 0.05) is 4.47 Å². The molecule has 0 fully saturated rings. The molecule has 0 amide bonds. The first kappa shape index (κ1) is 14.8. The monoisotopic (exact) mass is 332 g/mol. The second-order valence-corrected chi connectivity index (χ2v) is 6.01. The lowest BCUT2D eigenvalue weighted by Gasteiger charge is -2.13. The minimum absolute atomic E-state index is 0.285. The quantitative estimate of drug-likeness (QED) is 0.577. The number of carbonyl (C=O) groups is 1. The van der Waals surface area contributed by atoms with Gasteiger partial charge in [0.1, 0.15) is 5.75 Å². The van der Waals surface area contributed by atoms with Crippen molar-refractivity contribution in [1.82, 2.24) is 0 Å². The Balaban J connectivity index is 2.25. The zero-order valence-corrected chi connectivity index (χ0v) is 13.4. The van der Waals surface area contributed by atoms with Crippen molar-refractivity contribution in [3.63, 3.8) is 0 Å². The van der Waals surface area contributed by atoms with Gasteiger partial charge in [0.15, 0.2) is 0 Å². The third kappa shape index (κ3) is 3.48. The Bertz CT molecular complexity index is 615. The number of hydrogen-bond donors (Lipinski definition) is 0. The molecule has 0 aliphatic carbocycles. The Hall–Kier alpha value is -1.61. The number of esters is 1. The van der Waals surface area contributed by atoms with Crippen LogP contribution in [0.2, 0.25) is 0 Å². The average Bonchev–Trinajstić information content (AvgIpc) is 2.41. The van der Waals surface area contributed by atoms with E-state index in [1.807, 2.05) is 37.3 Å². The lowest BCUT2D eigenvalue weighted by Crippen LogP contribution is -2.10. The predicted molar refractivity (Wildman–Crippen MR) is 84.4 cm³/mol. The van der Waals surface area contributed by atoms with E-state index < -0.39 is 0 Å². The van der Waals surface area contributed by atoms with Crippen LogP contribution in [0.15, 0.2) is 46.9 Å². The Morgan fingerprint density at radius 1 is 1.10 bits per heavy atom. The highest BCUT2D eigenvalue weighted by atomic mass is 79.9. The molecule has 0 bridgehead atoms. The fraction of sp³-hybridized carbons (Fsp3) is 0.235. The molecular weight excluding hydrogens is 316 g/mol. The molecule has 3 heteroatoms. The SMILES string of the molecule is Cc1ccc(C(=O)Oc2ccc(Br)cc2C(C)C)cc1. The molecule has 2 aromatic carbocycles. The molecule has 104 valence electrons. The van der Waals surface area contributed by atoms with Gasteiger partial charge in [0.25, 0.3) is 0 Å². The van der Waals surface area contributed by atoms with Crippen LogP contribution in [0.3, 0.4) is 0 Å². The zero-order chi connectivity index (χ0) is 14.7. The molecule has 0 radical (unpaired) electrons. The first-order valence-electron chi connectivity index (χ1n) is 6.55. The van der Waals surface area contributed by atoms with Crippen molar-refractivity contribution in [2.45, 2.75) is 26.7 Å². The zero-order valence-electron chi connectivity index (χ0n) is 11.8. The largest absolute Gasteiger partial charge is 0.423 e. The van der Waals surface area contributed by atoms with Crippen LogP contribution in [-0.4, -0.2) is 5.97 Å². The maximum atomic E-state index is 12.2. The van der Waals surface area contributed by atoms with Crippen molar-refractivity contribution in [2.75, 3.05) is 0 Å². The molecule has 0 unspecified atom stereocenters. The third-order valence-electron chi connectivity index (χ3n) is 3.08. The summed E-state index contributed by atoms with van der Waals surface area (Å²) in [6, 6.07) is 13.1. The van der Waals surface area contributed by atoms with E-state index in [0.717, 1.165) is 15.6 Å². The van der Waals surface area contributed by atoms with E-state index in [1.165, 1.54) is 0 Å². The van der Waals surface area contributed by atoms with E-state index in [2.05, 4.69) is 29.8 Å². The van der Waals surface area contributed by atoms with Crippen LogP contribution >= 0.6 is 15.9 Å². The molecule has 0 saturated carbocycles. The highest BCUT2D eigenvalue weighted by molar-refractivity contribution is 9.10. The van der Waals surface area contributed by atoms with Crippen LogP contribution in [0.5, 0.6) is 5.75 Å². The normalized spacial score (nSPS) is 10.7. The number of aryl methyl sites for hydroxylation is 1. The van der Waals surface area contributed by atoms with Crippen molar-refractivity contribution in [1.29, 1.82) is 0 Å². The van der Waals surface area contributed by atoms with E-state index >= 15 is 0 Å². The number of hydrogen-bond acceptors (Lipinski definition) is 2. The summed E-state index contributed by atoms with van der Waals surface area (Å²) in [6.07, 6.45) is 0. The molecule has 0 heterocycles. The van der Waals surface area contributed by atoms with Gasteiger partial charge in [-0.15, -0.1) is 0 Å². The Morgan fingerprint density at radius 3 is 2.35 bits per heavy atom. The van der Waals surface area contributed by atoms with Gasteiger partial charge in [-0.05, 0) is 48.7 Å². The van der Waals surface area contributed by atoms with Crippen LogP contribution in [-0.2, 0) is 0 Å². The highest BCUT2D eigenvalue weighted by Gasteiger charge is 2.13. The lowest BCUT2D eigenvalue weighted by atomic mass is 10.0. The fourth-order valence-corrected chi connectivity index (χ4v) is 2.29. The van der Waals surface area contributed by atoms with E-state index in [4.69, 9.17) is 4.74 Å². The first-order chi connectivity index (χ1) is 9.47. The summed E-state index contributed by atoms with van der Waals surface area (Å²) in [5.74, 6) is 0.580. The summed E-state index contributed by atoms with van der Waals surface area (Å²) in [7, 11) is 0. The Morgan fingerprint density at radius 2 is 1.75 bits per heavy atom. The molecule has 0 saturated heterocycles. The van der Waals surface area contributed by atoms with Crippen LogP contribution in [0.4, 0.5) is 0 Å². The smallest absolute Gasteiger partial charge is 0.343 e. The molecule has 0 N–H and O–H groups in total. The molecule has 2 aromatic rings. The van der Waals surface area contributed by atoms with Crippen molar-refractivity contribution in [3.05, 3.63) is 63.6 Å². The molecule has 0 aliphatic rings. The van der Waals surface area contributed by atoms with E-state index in [-0.39, 0.29) is 11.9 Å². The topological polar surface area (TPSA) is 26.3 Å². The van der Waals surface area contributed by atoms with Gasteiger partial charge in [-0.3, -0.25) is 0 Å². The van der Waals surface area contributed by atoms with E-state index in [9.17, 15) is 4.79 Å². The number of ether oxygens (including phenoxy) is 1. The van der Waals surface area contributed by atoms with Crippen LogP contribution < -0.4 is 4.74 Å². The predicted octanol–water partition coefficient (Wildman–Crippen LogP) is 5.10. The number of halogens is 1. The van der Waals surface area contributed by atoms with Gasteiger partial charge >= 0.3 is 5.97 Å². The summed E-state index contributed by atoms with van der Waals surface area (Å²) in [6.45, 7) is 6.14. The van der Waals surface area contributed by atoms with Crippen molar-refractivity contribution >= 4 is 21.9 Å². The minimum atomic E-state index is -0.325.